The second-order valence-electron chi connectivity index (χ2n) is 5.97. The number of ether oxygens (including phenoxy) is 1. The van der Waals surface area contributed by atoms with E-state index in [1.807, 2.05) is 18.2 Å². The maximum Gasteiger partial charge on any atom is 0.226 e. The second kappa shape index (κ2) is 6.42. The average Bonchev–Trinajstić information content (AvgIpc) is 2.61. The Hall–Kier alpha value is -2.51. The quantitative estimate of drug-likeness (QED) is 0.705. The van der Waals surface area contributed by atoms with Crippen LogP contribution < -0.4 is 10.6 Å². The number of hydrogen-bond acceptors (Lipinski definition) is 7. The summed E-state index contributed by atoms with van der Waals surface area (Å²) in [6, 6.07) is 7.74. The Bertz CT molecular complexity index is 917. The number of anilines is 2. The molecule has 1 aliphatic heterocycles. The monoisotopic (exact) mass is 356 g/mol. The molecule has 1 atom stereocenters. The molecular formula is C17H17ClN6O. The van der Waals surface area contributed by atoms with Crippen LogP contribution in [0.15, 0.2) is 30.5 Å². The van der Waals surface area contributed by atoms with Crippen molar-refractivity contribution in [3.8, 4) is 11.3 Å². The largest absolute Gasteiger partial charge is 0.384 e. The summed E-state index contributed by atoms with van der Waals surface area (Å²) in [4.78, 5) is 19.7. The van der Waals surface area contributed by atoms with Crippen molar-refractivity contribution in [2.45, 2.75) is 13.0 Å². The standard InChI is InChI=1S/C17H17ClN6O/c1-10-9-25-7-6-24(10)16-12-3-4-13(11-2-5-14(19)20-8-11)21-15(12)22-17(18)23-16/h2-5,8,10H,6-7,9H2,1H3,(H2,19,20)/t10-/m0/s1. The average molecular weight is 357 g/mol. The topological polar surface area (TPSA) is 90.0 Å². The predicted molar refractivity (Wildman–Crippen MR) is 97.6 cm³/mol. The number of nitrogen functional groups attached to an aromatic ring is 1. The molecule has 0 aromatic carbocycles. The van der Waals surface area contributed by atoms with Crippen molar-refractivity contribution in [3.05, 3.63) is 35.7 Å². The summed E-state index contributed by atoms with van der Waals surface area (Å²) in [6.07, 6.45) is 1.69. The highest BCUT2D eigenvalue weighted by Crippen LogP contribution is 2.29. The van der Waals surface area contributed by atoms with E-state index in [1.165, 1.54) is 0 Å². The number of rotatable bonds is 2. The Morgan fingerprint density at radius 3 is 2.84 bits per heavy atom. The van der Waals surface area contributed by atoms with Gasteiger partial charge >= 0.3 is 0 Å². The smallest absolute Gasteiger partial charge is 0.226 e. The van der Waals surface area contributed by atoms with E-state index >= 15 is 0 Å². The van der Waals surface area contributed by atoms with Gasteiger partial charge in [-0.15, -0.1) is 0 Å². The Labute approximate surface area is 149 Å². The van der Waals surface area contributed by atoms with Gasteiger partial charge in [-0.2, -0.15) is 9.97 Å². The fourth-order valence-electron chi connectivity index (χ4n) is 2.95. The molecule has 7 nitrogen and oxygen atoms in total. The zero-order chi connectivity index (χ0) is 17.4. The molecule has 0 spiro atoms. The van der Waals surface area contributed by atoms with E-state index in [0.717, 1.165) is 29.0 Å². The summed E-state index contributed by atoms with van der Waals surface area (Å²) >= 11 is 6.16. The van der Waals surface area contributed by atoms with E-state index in [4.69, 9.17) is 22.1 Å². The van der Waals surface area contributed by atoms with Crippen molar-refractivity contribution in [1.29, 1.82) is 0 Å². The molecule has 3 aromatic heterocycles. The Morgan fingerprint density at radius 1 is 1.20 bits per heavy atom. The molecule has 4 rings (SSSR count). The van der Waals surface area contributed by atoms with E-state index < -0.39 is 0 Å². The lowest BCUT2D eigenvalue weighted by atomic mass is 10.1. The van der Waals surface area contributed by atoms with Gasteiger partial charge in [-0.25, -0.2) is 9.97 Å². The molecule has 0 aliphatic carbocycles. The van der Waals surface area contributed by atoms with Gasteiger partial charge in [0.25, 0.3) is 0 Å². The lowest BCUT2D eigenvalue weighted by Crippen LogP contribution is -2.44. The van der Waals surface area contributed by atoms with Gasteiger partial charge in [0.1, 0.15) is 11.6 Å². The van der Waals surface area contributed by atoms with Gasteiger partial charge < -0.3 is 15.4 Å². The Kier molecular flexibility index (Phi) is 4.10. The minimum absolute atomic E-state index is 0.182. The zero-order valence-electron chi connectivity index (χ0n) is 13.7. The second-order valence-corrected chi connectivity index (χ2v) is 6.31. The first kappa shape index (κ1) is 16.0. The van der Waals surface area contributed by atoms with E-state index in [9.17, 15) is 0 Å². The van der Waals surface area contributed by atoms with Gasteiger partial charge in [0, 0.05) is 18.3 Å². The van der Waals surface area contributed by atoms with Crippen molar-refractivity contribution in [2.24, 2.45) is 0 Å². The third-order valence-electron chi connectivity index (χ3n) is 4.23. The van der Waals surface area contributed by atoms with Crippen LogP contribution >= 0.6 is 11.6 Å². The number of hydrogen-bond donors (Lipinski definition) is 1. The van der Waals surface area contributed by atoms with Gasteiger partial charge in [-0.1, -0.05) is 0 Å². The highest BCUT2D eigenvalue weighted by Gasteiger charge is 2.23. The van der Waals surface area contributed by atoms with Crippen LogP contribution in [0.4, 0.5) is 11.6 Å². The lowest BCUT2D eigenvalue weighted by Gasteiger charge is -2.34. The summed E-state index contributed by atoms with van der Waals surface area (Å²) in [6.45, 7) is 4.18. The van der Waals surface area contributed by atoms with Gasteiger partial charge in [-0.05, 0) is 42.8 Å². The highest BCUT2D eigenvalue weighted by atomic mass is 35.5. The molecule has 0 saturated carbocycles. The summed E-state index contributed by atoms with van der Waals surface area (Å²) in [5, 5.41) is 1.05. The first-order valence-corrected chi connectivity index (χ1v) is 8.40. The summed E-state index contributed by atoms with van der Waals surface area (Å²) < 4.78 is 5.51. The number of pyridine rings is 2. The molecule has 8 heteroatoms. The predicted octanol–water partition coefficient (Wildman–Crippen LogP) is 2.55. The van der Waals surface area contributed by atoms with Crippen LogP contribution in [0, 0.1) is 0 Å². The first-order chi connectivity index (χ1) is 12.1. The molecule has 0 unspecified atom stereocenters. The summed E-state index contributed by atoms with van der Waals surface area (Å²) in [7, 11) is 0. The van der Waals surface area contributed by atoms with Crippen LogP contribution in [-0.4, -0.2) is 45.7 Å². The number of morpholine rings is 1. The number of nitrogens with two attached hydrogens (primary N) is 1. The van der Waals surface area contributed by atoms with Crippen LogP contribution in [0.5, 0.6) is 0 Å². The molecular weight excluding hydrogens is 340 g/mol. The molecule has 1 saturated heterocycles. The minimum atomic E-state index is 0.182. The maximum atomic E-state index is 6.16. The fourth-order valence-corrected chi connectivity index (χ4v) is 3.11. The SMILES string of the molecule is C[C@H]1COCCN1c1nc(Cl)nc2nc(-c3ccc(N)nc3)ccc12. The van der Waals surface area contributed by atoms with E-state index in [-0.39, 0.29) is 11.3 Å². The molecule has 0 bridgehead atoms. The normalized spacial score (nSPS) is 17.8. The van der Waals surface area contributed by atoms with Gasteiger partial charge in [0.05, 0.1) is 30.3 Å². The minimum Gasteiger partial charge on any atom is -0.384 e. The van der Waals surface area contributed by atoms with E-state index in [1.54, 1.807) is 12.3 Å². The van der Waals surface area contributed by atoms with Crippen molar-refractivity contribution in [1.82, 2.24) is 19.9 Å². The van der Waals surface area contributed by atoms with Gasteiger partial charge in [0.2, 0.25) is 5.28 Å². The van der Waals surface area contributed by atoms with Crippen molar-refractivity contribution >= 4 is 34.3 Å². The molecule has 128 valence electrons. The number of fused-ring (bicyclic) bond motifs is 1. The summed E-state index contributed by atoms with van der Waals surface area (Å²) in [5.74, 6) is 1.26. The lowest BCUT2D eigenvalue weighted by molar-refractivity contribution is 0.0987. The molecule has 1 fully saturated rings. The number of nitrogens with zero attached hydrogens (tertiary/aromatic N) is 5. The van der Waals surface area contributed by atoms with Crippen LogP contribution in [0.1, 0.15) is 6.92 Å². The van der Waals surface area contributed by atoms with Gasteiger partial charge in [0.15, 0.2) is 5.65 Å². The first-order valence-electron chi connectivity index (χ1n) is 8.02. The summed E-state index contributed by atoms with van der Waals surface area (Å²) in [5.41, 5.74) is 7.83. The van der Waals surface area contributed by atoms with Crippen molar-refractivity contribution in [2.75, 3.05) is 30.4 Å². The van der Waals surface area contributed by atoms with Crippen LogP contribution in [-0.2, 0) is 4.74 Å². The number of aromatic nitrogens is 4. The van der Waals surface area contributed by atoms with Gasteiger partial charge in [-0.3, -0.25) is 0 Å². The number of halogens is 1. The maximum absolute atomic E-state index is 6.16. The Balaban J connectivity index is 1.82. The molecule has 2 N–H and O–H groups in total. The zero-order valence-corrected chi connectivity index (χ0v) is 14.4. The molecule has 0 amide bonds. The van der Waals surface area contributed by atoms with Crippen molar-refractivity contribution in [3.63, 3.8) is 0 Å². The third kappa shape index (κ3) is 3.08. The van der Waals surface area contributed by atoms with E-state index in [0.29, 0.717) is 24.7 Å². The van der Waals surface area contributed by atoms with Crippen LogP contribution in [0.3, 0.4) is 0 Å². The molecule has 1 aliphatic rings. The highest BCUT2D eigenvalue weighted by molar-refractivity contribution is 6.28. The molecule has 4 heterocycles. The molecule has 3 aromatic rings. The Morgan fingerprint density at radius 2 is 2.08 bits per heavy atom. The molecule has 0 radical (unpaired) electrons. The van der Waals surface area contributed by atoms with Crippen molar-refractivity contribution < 1.29 is 4.74 Å². The fraction of sp³-hybridized carbons (Fsp3) is 0.294. The van der Waals surface area contributed by atoms with Crippen LogP contribution in [0.2, 0.25) is 5.28 Å². The van der Waals surface area contributed by atoms with E-state index in [2.05, 4.69) is 31.8 Å². The third-order valence-corrected chi connectivity index (χ3v) is 4.40. The van der Waals surface area contributed by atoms with Crippen LogP contribution in [0.25, 0.3) is 22.3 Å². The molecule has 25 heavy (non-hydrogen) atoms.